The summed E-state index contributed by atoms with van der Waals surface area (Å²) in [5.74, 6) is -0.260. The molecule has 0 bridgehead atoms. The summed E-state index contributed by atoms with van der Waals surface area (Å²) in [6, 6.07) is 13.0. The van der Waals surface area contributed by atoms with E-state index < -0.39 is 5.63 Å². The Morgan fingerprint density at radius 1 is 1.15 bits per heavy atom. The molecule has 1 aliphatic rings. The summed E-state index contributed by atoms with van der Waals surface area (Å²) in [7, 11) is 0. The highest BCUT2D eigenvalue weighted by Gasteiger charge is 2.26. The van der Waals surface area contributed by atoms with Crippen molar-refractivity contribution in [3.8, 4) is 0 Å². The fraction of sp³-hybridized carbons (Fsp3) is 0.250. The van der Waals surface area contributed by atoms with Crippen molar-refractivity contribution in [3.05, 3.63) is 70.8 Å². The Balaban J connectivity index is 1.45. The number of pyridine rings is 1. The summed E-state index contributed by atoms with van der Waals surface area (Å²) < 4.78 is 5.28. The molecule has 3 heterocycles. The molecule has 0 saturated carbocycles. The number of rotatable bonds is 3. The molecular weight excluding hydrogens is 330 g/mol. The maximum absolute atomic E-state index is 12.8. The van der Waals surface area contributed by atoms with E-state index in [1.807, 2.05) is 24.3 Å². The lowest BCUT2D eigenvalue weighted by atomic mass is 10.0. The molecule has 0 atom stereocenters. The van der Waals surface area contributed by atoms with Crippen molar-refractivity contribution < 1.29 is 9.21 Å². The predicted molar refractivity (Wildman–Crippen MR) is 99.3 cm³/mol. The van der Waals surface area contributed by atoms with Crippen LogP contribution in [-0.4, -0.2) is 34.9 Å². The first-order valence-corrected chi connectivity index (χ1v) is 8.69. The molecule has 6 nitrogen and oxygen atoms in total. The average Bonchev–Trinajstić information content (AvgIpc) is 2.68. The van der Waals surface area contributed by atoms with Crippen LogP contribution in [0.2, 0.25) is 0 Å². The van der Waals surface area contributed by atoms with Crippen molar-refractivity contribution in [1.29, 1.82) is 0 Å². The minimum absolute atomic E-state index is 0.0994. The van der Waals surface area contributed by atoms with E-state index in [0.717, 1.165) is 23.9 Å². The van der Waals surface area contributed by atoms with Crippen molar-refractivity contribution >= 4 is 22.6 Å². The van der Waals surface area contributed by atoms with Gasteiger partial charge in [0.1, 0.15) is 11.1 Å². The van der Waals surface area contributed by atoms with Gasteiger partial charge in [-0.3, -0.25) is 9.78 Å². The maximum atomic E-state index is 12.8. The van der Waals surface area contributed by atoms with Gasteiger partial charge in [0.2, 0.25) is 0 Å². The number of nitrogens with zero attached hydrogens (tertiary/aromatic N) is 2. The van der Waals surface area contributed by atoms with Gasteiger partial charge >= 0.3 is 5.63 Å². The molecule has 132 valence electrons. The molecule has 0 radical (unpaired) electrons. The predicted octanol–water partition coefficient (Wildman–Crippen LogP) is 2.90. The first kappa shape index (κ1) is 16.3. The highest BCUT2D eigenvalue weighted by atomic mass is 16.4. The molecule has 6 heteroatoms. The van der Waals surface area contributed by atoms with Gasteiger partial charge in [-0.15, -0.1) is 0 Å². The molecule has 2 aromatic heterocycles. The summed E-state index contributed by atoms with van der Waals surface area (Å²) in [6.07, 6.45) is 5.17. The third kappa shape index (κ3) is 3.31. The number of carbonyl (C=O) groups excluding carboxylic acids is 1. The lowest BCUT2D eigenvalue weighted by Gasteiger charge is -2.32. The quantitative estimate of drug-likeness (QED) is 0.736. The number of aromatic nitrogens is 1. The summed E-state index contributed by atoms with van der Waals surface area (Å²) in [4.78, 5) is 30.8. The molecule has 0 unspecified atom stereocenters. The van der Waals surface area contributed by atoms with Crippen LogP contribution in [0.1, 0.15) is 23.2 Å². The van der Waals surface area contributed by atoms with Crippen molar-refractivity contribution in [2.45, 2.75) is 18.9 Å². The SMILES string of the molecule is O=C(c1cc2ccccc2oc1=O)N1CCC(Nc2cccnc2)CC1. The Kier molecular flexibility index (Phi) is 4.39. The van der Waals surface area contributed by atoms with Crippen LogP contribution in [0.15, 0.2) is 64.1 Å². The van der Waals surface area contributed by atoms with Crippen molar-refractivity contribution in [3.63, 3.8) is 0 Å². The highest BCUT2D eigenvalue weighted by molar-refractivity contribution is 5.96. The van der Waals surface area contributed by atoms with Crippen LogP contribution in [0.4, 0.5) is 5.69 Å². The monoisotopic (exact) mass is 349 g/mol. The molecule has 1 N–H and O–H groups in total. The third-order valence-electron chi connectivity index (χ3n) is 4.69. The third-order valence-corrected chi connectivity index (χ3v) is 4.69. The van der Waals surface area contributed by atoms with E-state index >= 15 is 0 Å². The van der Waals surface area contributed by atoms with Gasteiger partial charge in [-0.25, -0.2) is 4.79 Å². The van der Waals surface area contributed by atoms with E-state index in [4.69, 9.17) is 4.42 Å². The van der Waals surface area contributed by atoms with Gasteiger partial charge in [0.25, 0.3) is 5.91 Å². The van der Waals surface area contributed by atoms with Crippen molar-refractivity contribution in [2.75, 3.05) is 18.4 Å². The van der Waals surface area contributed by atoms with E-state index in [2.05, 4.69) is 10.3 Å². The van der Waals surface area contributed by atoms with Crippen LogP contribution in [0.5, 0.6) is 0 Å². The maximum Gasteiger partial charge on any atom is 0.349 e. The molecule has 4 rings (SSSR count). The number of benzene rings is 1. The number of nitrogens with one attached hydrogen (secondary N) is 1. The van der Waals surface area contributed by atoms with Crippen molar-refractivity contribution in [2.24, 2.45) is 0 Å². The van der Waals surface area contributed by atoms with E-state index in [1.54, 1.807) is 35.5 Å². The topological polar surface area (TPSA) is 75.4 Å². The van der Waals surface area contributed by atoms with Crippen molar-refractivity contribution in [1.82, 2.24) is 9.88 Å². The Morgan fingerprint density at radius 2 is 1.96 bits per heavy atom. The Morgan fingerprint density at radius 3 is 2.73 bits per heavy atom. The number of para-hydroxylation sites is 1. The average molecular weight is 349 g/mol. The Labute approximate surface area is 150 Å². The van der Waals surface area contributed by atoms with Crippen LogP contribution >= 0.6 is 0 Å². The molecule has 1 amide bonds. The smallest absolute Gasteiger partial charge is 0.349 e. The lowest BCUT2D eigenvalue weighted by Crippen LogP contribution is -2.43. The van der Waals surface area contributed by atoms with Crippen LogP contribution in [0, 0.1) is 0 Å². The van der Waals surface area contributed by atoms with Gasteiger partial charge in [0.05, 0.1) is 5.69 Å². The number of fused-ring (bicyclic) bond motifs is 1. The standard InChI is InChI=1S/C20H19N3O3/c24-19(17-12-14-4-1-2-6-18(14)26-20(17)25)23-10-7-15(8-11-23)22-16-5-3-9-21-13-16/h1-6,9,12-13,15,22H,7-8,10-11H2. The Bertz CT molecular complexity index is 976. The molecule has 1 aromatic carbocycles. The van der Waals surface area contributed by atoms with E-state index in [0.29, 0.717) is 18.7 Å². The molecule has 3 aromatic rings. The van der Waals surface area contributed by atoms with Crippen LogP contribution in [-0.2, 0) is 0 Å². The zero-order valence-corrected chi connectivity index (χ0v) is 14.2. The largest absolute Gasteiger partial charge is 0.422 e. The second kappa shape index (κ2) is 7.00. The second-order valence-corrected chi connectivity index (χ2v) is 6.44. The molecule has 0 aliphatic carbocycles. The number of hydrogen-bond donors (Lipinski definition) is 1. The number of amides is 1. The minimum atomic E-state index is -0.579. The number of hydrogen-bond acceptors (Lipinski definition) is 5. The highest BCUT2D eigenvalue weighted by Crippen LogP contribution is 2.19. The number of carbonyl (C=O) groups is 1. The summed E-state index contributed by atoms with van der Waals surface area (Å²) in [5.41, 5.74) is 0.993. The summed E-state index contributed by atoms with van der Waals surface area (Å²) >= 11 is 0. The van der Waals surface area contributed by atoms with E-state index in [1.165, 1.54) is 0 Å². The first-order valence-electron chi connectivity index (χ1n) is 8.69. The number of piperidine rings is 1. The molecular formula is C20H19N3O3. The number of likely N-dealkylation sites (tertiary alicyclic amines) is 1. The molecule has 0 spiro atoms. The minimum Gasteiger partial charge on any atom is -0.422 e. The lowest BCUT2D eigenvalue weighted by molar-refractivity contribution is 0.0714. The summed E-state index contributed by atoms with van der Waals surface area (Å²) in [6.45, 7) is 1.20. The molecule has 26 heavy (non-hydrogen) atoms. The van der Waals surface area contributed by atoms with Gasteiger partial charge in [0.15, 0.2) is 0 Å². The van der Waals surface area contributed by atoms with E-state index in [-0.39, 0.29) is 17.5 Å². The molecule has 1 fully saturated rings. The van der Waals surface area contributed by atoms with Crippen LogP contribution in [0.3, 0.4) is 0 Å². The molecule has 1 saturated heterocycles. The van der Waals surface area contributed by atoms with Crippen LogP contribution in [0.25, 0.3) is 11.0 Å². The summed E-state index contributed by atoms with van der Waals surface area (Å²) in [5, 5.41) is 4.19. The zero-order valence-electron chi connectivity index (χ0n) is 14.2. The Hall–Kier alpha value is -3.15. The second-order valence-electron chi connectivity index (χ2n) is 6.44. The van der Waals surface area contributed by atoms with Gasteiger partial charge in [-0.2, -0.15) is 0 Å². The van der Waals surface area contributed by atoms with Crippen LogP contribution < -0.4 is 10.9 Å². The van der Waals surface area contributed by atoms with Gasteiger partial charge in [-0.05, 0) is 37.1 Å². The zero-order chi connectivity index (χ0) is 17.9. The van der Waals surface area contributed by atoms with E-state index in [9.17, 15) is 9.59 Å². The molecule has 1 aliphatic heterocycles. The normalized spacial score (nSPS) is 15.2. The van der Waals surface area contributed by atoms with Gasteiger partial charge in [0, 0.05) is 36.9 Å². The first-order chi connectivity index (χ1) is 12.7. The van der Waals surface area contributed by atoms with Gasteiger partial charge in [-0.1, -0.05) is 18.2 Å². The number of anilines is 1. The fourth-order valence-electron chi connectivity index (χ4n) is 3.29. The fourth-order valence-corrected chi connectivity index (χ4v) is 3.29. The van der Waals surface area contributed by atoms with Gasteiger partial charge < -0.3 is 14.6 Å².